The predicted octanol–water partition coefficient (Wildman–Crippen LogP) is 6.05. The zero-order valence-electron chi connectivity index (χ0n) is 21.5. The Hall–Kier alpha value is -3.61. The second-order valence-electron chi connectivity index (χ2n) is 8.87. The lowest BCUT2D eigenvalue weighted by Gasteiger charge is -2.37. The van der Waals surface area contributed by atoms with E-state index >= 15 is 0 Å². The van der Waals surface area contributed by atoms with E-state index in [1.54, 1.807) is 11.8 Å². The van der Waals surface area contributed by atoms with Crippen molar-refractivity contribution >= 4 is 29.3 Å². The molecule has 7 nitrogen and oxygen atoms in total. The van der Waals surface area contributed by atoms with Gasteiger partial charge in [0, 0.05) is 18.7 Å². The summed E-state index contributed by atoms with van der Waals surface area (Å²) in [4.78, 5) is 40.8. The van der Waals surface area contributed by atoms with Crippen molar-refractivity contribution in [2.45, 2.75) is 65.3 Å². The monoisotopic (exact) mass is 491 g/mol. The Labute approximate surface area is 213 Å². The number of unbranched alkanes of at least 4 members (excludes halogenated alkanes) is 3. The number of nitrogens with one attached hydrogen (secondary N) is 2. The third kappa shape index (κ3) is 6.74. The second kappa shape index (κ2) is 13.5. The van der Waals surface area contributed by atoms with Crippen molar-refractivity contribution in [3.8, 4) is 0 Å². The maximum absolute atomic E-state index is 13.4. The molecular formula is C29H37N3O4. The van der Waals surface area contributed by atoms with E-state index in [0.717, 1.165) is 37.7 Å². The molecule has 2 N–H and O–H groups in total. The van der Waals surface area contributed by atoms with Crippen molar-refractivity contribution in [2.24, 2.45) is 0 Å². The molecule has 0 radical (unpaired) electrons. The Balaban J connectivity index is 2.06. The quantitative estimate of drug-likeness (QED) is 0.280. The fourth-order valence-electron chi connectivity index (χ4n) is 4.32. The van der Waals surface area contributed by atoms with Crippen LogP contribution in [0.15, 0.2) is 60.2 Å². The molecule has 3 amide bonds. The van der Waals surface area contributed by atoms with Crippen LogP contribution in [0, 0.1) is 0 Å². The van der Waals surface area contributed by atoms with Crippen molar-refractivity contribution in [1.29, 1.82) is 0 Å². The topological polar surface area (TPSA) is 87.7 Å². The fourth-order valence-corrected chi connectivity index (χ4v) is 4.32. The molecule has 3 rings (SSSR count). The van der Waals surface area contributed by atoms with Crippen LogP contribution < -0.4 is 10.6 Å². The molecule has 2 aromatic rings. The number of hydrogen-bond acceptors (Lipinski definition) is 4. The normalized spacial score (nSPS) is 15.5. The molecule has 1 unspecified atom stereocenters. The minimum Gasteiger partial charge on any atom is -0.463 e. The van der Waals surface area contributed by atoms with Crippen LogP contribution in [-0.2, 0) is 14.3 Å². The van der Waals surface area contributed by atoms with Crippen molar-refractivity contribution < 1.29 is 19.1 Å². The second-order valence-corrected chi connectivity index (χ2v) is 8.87. The lowest BCUT2D eigenvalue weighted by atomic mass is 9.91. The Morgan fingerprint density at radius 2 is 1.72 bits per heavy atom. The van der Waals surface area contributed by atoms with E-state index in [0.29, 0.717) is 35.5 Å². The van der Waals surface area contributed by atoms with Crippen LogP contribution in [0.3, 0.4) is 0 Å². The standard InChI is InChI=1S/C29H37N3O4/c1-4-7-10-18-24(33)30-23-17-13-16-22(20-23)26-25(28(34)36-6-3)27(21-14-11-9-12-15-21)32(19-8-5-2)29(35)31-26/h9,11-17,20,26H,4-8,10,18-19H2,1-3H3,(H,30,33)(H,31,35). The number of carbonyl (C=O) groups is 3. The first kappa shape index (κ1) is 27.0. The minimum atomic E-state index is -0.721. The van der Waals surface area contributed by atoms with E-state index in [-0.39, 0.29) is 18.5 Å². The number of urea groups is 1. The third-order valence-corrected chi connectivity index (χ3v) is 6.12. The number of benzene rings is 2. The van der Waals surface area contributed by atoms with Gasteiger partial charge in [0.05, 0.1) is 23.9 Å². The summed E-state index contributed by atoms with van der Waals surface area (Å²) in [6.07, 6.45) is 5.05. The number of nitrogens with zero attached hydrogens (tertiary/aromatic N) is 1. The summed E-state index contributed by atoms with van der Waals surface area (Å²) < 4.78 is 5.48. The summed E-state index contributed by atoms with van der Waals surface area (Å²) >= 11 is 0. The van der Waals surface area contributed by atoms with Crippen LogP contribution in [0.5, 0.6) is 0 Å². The molecule has 0 fully saturated rings. The largest absolute Gasteiger partial charge is 0.463 e. The van der Waals surface area contributed by atoms with Gasteiger partial charge < -0.3 is 15.4 Å². The lowest BCUT2D eigenvalue weighted by Crippen LogP contribution is -2.48. The maximum atomic E-state index is 13.4. The summed E-state index contributed by atoms with van der Waals surface area (Å²) in [7, 11) is 0. The van der Waals surface area contributed by atoms with Crippen LogP contribution in [-0.4, -0.2) is 36.0 Å². The molecule has 0 bridgehead atoms. The van der Waals surface area contributed by atoms with Gasteiger partial charge in [-0.25, -0.2) is 9.59 Å². The van der Waals surface area contributed by atoms with E-state index < -0.39 is 12.0 Å². The van der Waals surface area contributed by atoms with E-state index in [9.17, 15) is 14.4 Å². The highest BCUT2D eigenvalue weighted by atomic mass is 16.5. The molecule has 1 atom stereocenters. The van der Waals surface area contributed by atoms with Gasteiger partial charge in [-0.15, -0.1) is 0 Å². The number of hydrogen-bond donors (Lipinski definition) is 2. The molecule has 0 spiro atoms. The molecule has 0 aliphatic carbocycles. The van der Waals surface area contributed by atoms with Gasteiger partial charge in [-0.05, 0) is 43.0 Å². The van der Waals surface area contributed by atoms with Gasteiger partial charge in [0.25, 0.3) is 0 Å². The SMILES string of the molecule is CCCCCC(=O)Nc1cccc(C2NC(=O)N(CCCC)C(c3ccccc3)=C2C(=O)OCC)c1. The van der Waals surface area contributed by atoms with Gasteiger partial charge in [-0.3, -0.25) is 9.69 Å². The Bertz CT molecular complexity index is 1080. The van der Waals surface area contributed by atoms with Crippen LogP contribution in [0.1, 0.15) is 76.5 Å². The predicted molar refractivity (Wildman–Crippen MR) is 142 cm³/mol. The minimum absolute atomic E-state index is 0.0508. The van der Waals surface area contributed by atoms with Crippen molar-refractivity contribution in [2.75, 3.05) is 18.5 Å². The Morgan fingerprint density at radius 3 is 2.42 bits per heavy atom. The highest BCUT2D eigenvalue weighted by molar-refractivity contribution is 6.04. The average Bonchev–Trinajstić information content (AvgIpc) is 2.88. The zero-order chi connectivity index (χ0) is 25.9. The molecule has 192 valence electrons. The molecule has 1 heterocycles. The van der Waals surface area contributed by atoms with Crippen LogP contribution in [0.25, 0.3) is 5.70 Å². The molecule has 0 aromatic heterocycles. The molecule has 1 aliphatic heterocycles. The highest BCUT2D eigenvalue weighted by Gasteiger charge is 2.38. The van der Waals surface area contributed by atoms with Gasteiger partial charge in [-0.2, -0.15) is 0 Å². The zero-order valence-corrected chi connectivity index (χ0v) is 21.5. The van der Waals surface area contributed by atoms with Crippen LogP contribution in [0.4, 0.5) is 10.5 Å². The number of ether oxygens (including phenoxy) is 1. The van der Waals surface area contributed by atoms with Crippen LogP contribution >= 0.6 is 0 Å². The molecule has 36 heavy (non-hydrogen) atoms. The first-order valence-corrected chi connectivity index (χ1v) is 12.9. The smallest absolute Gasteiger partial charge is 0.338 e. The lowest BCUT2D eigenvalue weighted by molar-refractivity contribution is -0.139. The average molecular weight is 492 g/mol. The van der Waals surface area contributed by atoms with E-state index in [2.05, 4.69) is 24.5 Å². The van der Waals surface area contributed by atoms with E-state index in [1.807, 2.05) is 54.6 Å². The molecule has 0 saturated heterocycles. The number of anilines is 1. The Kier molecular flexibility index (Phi) is 10.1. The van der Waals surface area contributed by atoms with Gasteiger partial charge in [0.15, 0.2) is 0 Å². The summed E-state index contributed by atoms with van der Waals surface area (Å²) in [6, 6.07) is 15.8. The number of rotatable bonds is 12. The first-order valence-electron chi connectivity index (χ1n) is 12.9. The molecule has 7 heteroatoms. The van der Waals surface area contributed by atoms with Crippen molar-refractivity contribution in [1.82, 2.24) is 10.2 Å². The molecule has 2 aromatic carbocycles. The number of carbonyl (C=O) groups excluding carboxylic acids is 3. The summed E-state index contributed by atoms with van der Waals surface area (Å²) in [5, 5.41) is 5.96. The first-order chi connectivity index (χ1) is 17.5. The van der Waals surface area contributed by atoms with Gasteiger partial charge in [0.1, 0.15) is 0 Å². The summed E-state index contributed by atoms with van der Waals surface area (Å²) in [6.45, 7) is 6.62. The van der Waals surface area contributed by atoms with Gasteiger partial charge >= 0.3 is 12.0 Å². The molecule has 1 aliphatic rings. The van der Waals surface area contributed by atoms with Gasteiger partial charge in [0.2, 0.25) is 5.91 Å². The summed E-state index contributed by atoms with van der Waals surface area (Å²) in [5.41, 5.74) is 3.04. The Morgan fingerprint density at radius 1 is 0.972 bits per heavy atom. The summed E-state index contributed by atoms with van der Waals surface area (Å²) in [5.74, 6) is -0.526. The van der Waals surface area contributed by atoms with Crippen molar-refractivity contribution in [3.63, 3.8) is 0 Å². The van der Waals surface area contributed by atoms with Crippen molar-refractivity contribution in [3.05, 3.63) is 71.3 Å². The maximum Gasteiger partial charge on any atom is 0.338 e. The number of amides is 3. The fraction of sp³-hybridized carbons (Fsp3) is 0.414. The van der Waals surface area contributed by atoms with Gasteiger partial charge in [-0.1, -0.05) is 75.6 Å². The highest BCUT2D eigenvalue weighted by Crippen LogP contribution is 2.37. The molecular weight excluding hydrogens is 454 g/mol. The van der Waals surface area contributed by atoms with Crippen LogP contribution in [0.2, 0.25) is 0 Å². The molecule has 0 saturated carbocycles. The van der Waals surface area contributed by atoms with E-state index in [4.69, 9.17) is 4.74 Å². The number of esters is 1. The van der Waals surface area contributed by atoms with E-state index in [1.165, 1.54) is 0 Å². The third-order valence-electron chi connectivity index (χ3n) is 6.12.